The van der Waals surface area contributed by atoms with Crippen LogP contribution in [0.25, 0.3) is 0 Å². The first-order valence-corrected chi connectivity index (χ1v) is 6.32. The maximum Gasteiger partial charge on any atom is 0.271 e. The van der Waals surface area contributed by atoms with Gasteiger partial charge in [0, 0.05) is 26.2 Å². The van der Waals surface area contributed by atoms with E-state index >= 15 is 0 Å². The minimum atomic E-state index is 0.148. The molecule has 6 heteroatoms. The van der Waals surface area contributed by atoms with Crippen LogP contribution < -0.4 is 9.64 Å². The van der Waals surface area contributed by atoms with Crippen LogP contribution in [0.3, 0.4) is 0 Å². The third-order valence-corrected chi connectivity index (χ3v) is 3.09. The van der Waals surface area contributed by atoms with Gasteiger partial charge in [0.15, 0.2) is 0 Å². The van der Waals surface area contributed by atoms with Crippen LogP contribution in [0, 0.1) is 0 Å². The van der Waals surface area contributed by atoms with Gasteiger partial charge in [-0.1, -0.05) is 0 Å². The number of hydrogen-bond donors (Lipinski definition) is 0. The van der Waals surface area contributed by atoms with E-state index in [2.05, 4.69) is 25.6 Å². The predicted molar refractivity (Wildman–Crippen MR) is 65.4 cm³/mol. The molecule has 1 fully saturated rings. The SMILES string of the molecule is CC(C)Oc1nsnc1N1CCN(C)CC1. The first-order chi connectivity index (χ1) is 7.66. The lowest BCUT2D eigenvalue weighted by Crippen LogP contribution is -2.44. The van der Waals surface area contributed by atoms with Crippen molar-refractivity contribution < 1.29 is 4.74 Å². The summed E-state index contributed by atoms with van der Waals surface area (Å²) in [4.78, 5) is 4.57. The third kappa shape index (κ3) is 2.62. The van der Waals surface area contributed by atoms with E-state index in [4.69, 9.17) is 4.74 Å². The van der Waals surface area contributed by atoms with Gasteiger partial charge in [0.2, 0.25) is 5.82 Å². The van der Waals surface area contributed by atoms with Crippen LogP contribution in [0.1, 0.15) is 13.8 Å². The average molecular weight is 242 g/mol. The van der Waals surface area contributed by atoms with E-state index in [-0.39, 0.29) is 6.10 Å². The van der Waals surface area contributed by atoms with Crippen molar-refractivity contribution in [2.75, 3.05) is 38.1 Å². The summed E-state index contributed by atoms with van der Waals surface area (Å²) in [5.74, 6) is 1.59. The molecule has 2 rings (SSSR count). The van der Waals surface area contributed by atoms with Crippen LogP contribution in [0.15, 0.2) is 0 Å². The highest BCUT2D eigenvalue weighted by atomic mass is 32.1. The number of ether oxygens (including phenoxy) is 1. The van der Waals surface area contributed by atoms with Crippen molar-refractivity contribution in [1.82, 2.24) is 13.6 Å². The van der Waals surface area contributed by atoms with Gasteiger partial charge in [-0.2, -0.15) is 4.37 Å². The maximum absolute atomic E-state index is 5.65. The van der Waals surface area contributed by atoms with Crippen LogP contribution in [-0.4, -0.2) is 53.0 Å². The summed E-state index contributed by atoms with van der Waals surface area (Å²) >= 11 is 1.22. The number of anilines is 1. The Labute approximate surface area is 100 Å². The number of likely N-dealkylation sites (N-methyl/N-ethyl adjacent to an activating group) is 1. The minimum Gasteiger partial charge on any atom is -0.472 e. The molecule has 0 bridgehead atoms. The van der Waals surface area contributed by atoms with Crippen molar-refractivity contribution in [3.63, 3.8) is 0 Å². The molecule has 2 heterocycles. The summed E-state index contributed by atoms with van der Waals surface area (Å²) < 4.78 is 14.2. The highest BCUT2D eigenvalue weighted by Crippen LogP contribution is 2.27. The number of piperazine rings is 1. The topological polar surface area (TPSA) is 41.5 Å². The second-order valence-corrected chi connectivity index (χ2v) is 4.88. The van der Waals surface area contributed by atoms with Crippen LogP contribution in [-0.2, 0) is 0 Å². The van der Waals surface area contributed by atoms with Gasteiger partial charge < -0.3 is 14.5 Å². The number of rotatable bonds is 3. The highest BCUT2D eigenvalue weighted by molar-refractivity contribution is 6.99. The minimum absolute atomic E-state index is 0.148. The average Bonchev–Trinajstić information content (AvgIpc) is 2.66. The first kappa shape index (κ1) is 11.6. The van der Waals surface area contributed by atoms with Gasteiger partial charge >= 0.3 is 0 Å². The normalized spacial score (nSPS) is 18.1. The third-order valence-electron chi connectivity index (χ3n) is 2.59. The monoisotopic (exact) mass is 242 g/mol. The van der Waals surface area contributed by atoms with Gasteiger partial charge in [0.1, 0.15) is 0 Å². The van der Waals surface area contributed by atoms with E-state index in [1.807, 2.05) is 13.8 Å². The van der Waals surface area contributed by atoms with E-state index in [9.17, 15) is 0 Å². The smallest absolute Gasteiger partial charge is 0.271 e. The van der Waals surface area contributed by atoms with Gasteiger partial charge in [-0.25, -0.2) is 0 Å². The molecule has 0 radical (unpaired) electrons. The lowest BCUT2D eigenvalue weighted by atomic mass is 10.3. The van der Waals surface area contributed by atoms with Crippen LogP contribution in [0.5, 0.6) is 5.88 Å². The second kappa shape index (κ2) is 4.97. The van der Waals surface area contributed by atoms with Gasteiger partial charge in [-0.05, 0) is 20.9 Å². The van der Waals surface area contributed by atoms with E-state index in [0.717, 1.165) is 32.0 Å². The van der Waals surface area contributed by atoms with Crippen molar-refractivity contribution in [2.24, 2.45) is 0 Å². The molecule has 5 nitrogen and oxygen atoms in total. The Morgan fingerprint density at radius 1 is 1.19 bits per heavy atom. The van der Waals surface area contributed by atoms with Crippen LogP contribution in [0.2, 0.25) is 0 Å². The molecule has 16 heavy (non-hydrogen) atoms. The zero-order valence-corrected chi connectivity index (χ0v) is 10.8. The fourth-order valence-corrected chi connectivity index (χ4v) is 2.20. The Balaban J connectivity index is 2.05. The Morgan fingerprint density at radius 3 is 2.50 bits per heavy atom. The van der Waals surface area contributed by atoms with Crippen LogP contribution >= 0.6 is 11.7 Å². The van der Waals surface area contributed by atoms with Crippen molar-refractivity contribution in [3.05, 3.63) is 0 Å². The first-order valence-electron chi connectivity index (χ1n) is 5.59. The Hall–Kier alpha value is -0.880. The zero-order chi connectivity index (χ0) is 11.5. The molecule has 90 valence electrons. The molecule has 1 saturated heterocycles. The quantitative estimate of drug-likeness (QED) is 0.793. The molecular weight excluding hydrogens is 224 g/mol. The molecule has 0 atom stereocenters. The van der Waals surface area contributed by atoms with E-state index < -0.39 is 0 Å². The summed E-state index contributed by atoms with van der Waals surface area (Å²) in [5, 5.41) is 0. The van der Waals surface area contributed by atoms with Gasteiger partial charge in [0.25, 0.3) is 5.88 Å². The lowest BCUT2D eigenvalue weighted by molar-refractivity contribution is 0.233. The predicted octanol–water partition coefficient (Wildman–Crippen LogP) is 1.08. The maximum atomic E-state index is 5.65. The van der Waals surface area contributed by atoms with Crippen molar-refractivity contribution in [3.8, 4) is 5.88 Å². The molecule has 1 aliphatic heterocycles. The van der Waals surface area contributed by atoms with Crippen molar-refractivity contribution in [1.29, 1.82) is 0 Å². The van der Waals surface area contributed by atoms with E-state index in [1.165, 1.54) is 11.7 Å². The number of aromatic nitrogens is 2. The van der Waals surface area contributed by atoms with Crippen molar-refractivity contribution in [2.45, 2.75) is 20.0 Å². The second-order valence-electron chi connectivity index (χ2n) is 4.35. The molecule has 0 spiro atoms. The molecule has 1 aromatic heterocycles. The summed E-state index contributed by atoms with van der Waals surface area (Å²) in [6, 6.07) is 0. The van der Waals surface area contributed by atoms with Gasteiger partial charge in [-0.3, -0.25) is 0 Å². The largest absolute Gasteiger partial charge is 0.472 e. The Morgan fingerprint density at radius 2 is 1.88 bits per heavy atom. The van der Waals surface area contributed by atoms with E-state index in [1.54, 1.807) is 0 Å². The molecule has 1 aliphatic rings. The molecule has 0 aliphatic carbocycles. The van der Waals surface area contributed by atoms with E-state index in [0.29, 0.717) is 5.88 Å². The Bertz CT molecular complexity index is 333. The standard InChI is InChI=1S/C10H18N4OS/c1-8(2)15-10-9(11-16-12-10)14-6-4-13(3)5-7-14/h8H,4-7H2,1-3H3. The molecule has 0 aromatic carbocycles. The fourth-order valence-electron chi connectivity index (χ4n) is 1.68. The molecule has 0 amide bonds. The highest BCUT2D eigenvalue weighted by Gasteiger charge is 2.21. The summed E-state index contributed by atoms with van der Waals surface area (Å²) in [5.41, 5.74) is 0. The zero-order valence-electron chi connectivity index (χ0n) is 10.0. The molecule has 0 N–H and O–H groups in total. The molecule has 0 unspecified atom stereocenters. The van der Waals surface area contributed by atoms with Gasteiger partial charge in [-0.15, -0.1) is 4.37 Å². The Kier molecular flexibility index (Phi) is 3.60. The van der Waals surface area contributed by atoms with Crippen molar-refractivity contribution >= 4 is 17.5 Å². The number of hydrogen-bond acceptors (Lipinski definition) is 6. The summed E-state index contributed by atoms with van der Waals surface area (Å²) in [6.45, 7) is 8.14. The lowest BCUT2D eigenvalue weighted by Gasteiger charge is -2.32. The van der Waals surface area contributed by atoms with Gasteiger partial charge in [0.05, 0.1) is 17.8 Å². The molecular formula is C10H18N4OS. The molecule has 0 saturated carbocycles. The summed E-state index contributed by atoms with van der Waals surface area (Å²) in [7, 11) is 2.14. The molecule has 1 aromatic rings. The van der Waals surface area contributed by atoms with Crippen LogP contribution in [0.4, 0.5) is 5.82 Å². The number of nitrogens with zero attached hydrogens (tertiary/aromatic N) is 4. The fraction of sp³-hybridized carbons (Fsp3) is 0.800. The summed E-state index contributed by atoms with van der Waals surface area (Å²) in [6.07, 6.45) is 0.148.